The lowest BCUT2D eigenvalue weighted by molar-refractivity contribution is 0.332. The Morgan fingerprint density at radius 3 is 2.74 bits per heavy atom. The molecule has 1 heterocycles. The fraction of sp³-hybridized carbons (Fsp3) is 0.385. The van der Waals surface area contributed by atoms with Gasteiger partial charge in [-0.2, -0.15) is 4.98 Å². The standard InChI is InChI=1S/C13H16FN3OS/c1-3-11(15-2)13-16-12(17-18-13)8-19-10-6-4-9(14)5-7-10/h4-7,11,15H,3,8H2,1-2H3. The molecule has 2 rings (SSSR count). The lowest BCUT2D eigenvalue weighted by atomic mass is 10.2. The third-order valence-corrected chi connectivity index (χ3v) is 3.73. The third kappa shape index (κ3) is 3.78. The first-order chi connectivity index (χ1) is 9.22. The van der Waals surface area contributed by atoms with Crippen molar-refractivity contribution in [3.05, 3.63) is 41.8 Å². The van der Waals surface area contributed by atoms with Gasteiger partial charge in [-0.3, -0.25) is 0 Å². The van der Waals surface area contributed by atoms with E-state index in [9.17, 15) is 4.39 Å². The van der Waals surface area contributed by atoms with E-state index in [1.54, 1.807) is 23.9 Å². The summed E-state index contributed by atoms with van der Waals surface area (Å²) in [5.41, 5.74) is 0. The van der Waals surface area contributed by atoms with E-state index in [-0.39, 0.29) is 11.9 Å². The van der Waals surface area contributed by atoms with E-state index in [2.05, 4.69) is 22.4 Å². The Balaban J connectivity index is 1.95. The number of rotatable bonds is 6. The number of nitrogens with one attached hydrogen (secondary N) is 1. The van der Waals surface area contributed by atoms with E-state index < -0.39 is 0 Å². The van der Waals surface area contributed by atoms with Crippen LogP contribution in [0.25, 0.3) is 0 Å². The molecule has 4 nitrogen and oxygen atoms in total. The molecule has 0 aliphatic heterocycles. The Morgan fingerprint density at radius 1 is 1.37 bits per heavy atom. The fourth-order valence-electron chi connectivity index (χ4n) is 1.65. The van der Waals surface area contributed by atoms with Crippen LogP contribution in [0, 0.1) is 5.82 Å². The van der Waals surface area contributed by atoms with Gasteiger partial charge in [0.2, 0.25) is 5.89 Å². The molecule has 0 aliphatic rings. The highest BCUT2D eigenvalue weighted by Gasteiger charge is 2.15. The van der Waals surface area contributed by atoms with Crippen molar-refractivity contribution >= 4 is 11.8 Å². The summed E-state index contributed by atoms with van der Waals surface area (Å²) in [6, 6.07) is 6.46. The van der Waals surface area contributed by atoms with Crippen molar-refractivity contribution in [1.29, 1.82) is 0 Å². The first-order valence-electron chi connectivity index (χ1n) is 6.11. The van der Waals surface area contributed by atoms with E-state index >= 15 is 0 Å². The maximum atomic E-state index is 12.8. The highest BCUT2D eigenvalue weighted by atomic mass is 32.2. The van der Waals surface area contributed by atoms with Crippen LogP contribution in [0.15, 0.2) is 33.7 Å². The van der Waals surface area contributed by atoms with Crippen molar-refractivity contribution in [2.45, 2.75) is 30.0 Å². The van der Waals surface area contributed by atoms with Gasteiger partial charge in [0.1, 0.15) is 5.82 Å². The van der Waals surface area contributed by atoms with Gasteiger partial charge in [-0.05, 0) is 37.7 Å². The van der Waals surface area contributed by atoms with Crippen LogP contribution in [-0.2, 0) is 5.75 Å². The van der Waals surface area contributed by atoms with Crippen LogP contribution < -0.4 is 5.32 Å². The molecule has 1 aromatic heterocycles. The molecule has 0 radical (unpaired) electrons. The van der Waals surface area contributed by atoms with E-state index in [0.29, 0.717) is 17.5 Å². The van der Waals surface area contributed by atoms with Gasteiger partial charge in [0.25, 0.3) is 0 Å². The number of halogens is 1. The van der Waals surface area contributed by atoms with Crippen molar-refractivity contribution in [3.63, 3.8) is 0 Å². The molecule has 0 saturated heterocycles. The Kier molecular flexibility index (Phi) is 4.93. The second-order valence-electron chi connectivity index (χ2n) is 4.04. The highest BCUT2D eigenvalue weighted by Crippen LogP contribution is 2.22. The van der Waals surface area contributed by atoms with Crippen LogP contribution in [0.2, 0.25) is 0 Å². The van der Waals surface area contributed by atoms with Crippen LogP contribution >= 0.6 is 11.8 Å². The summed E-state index contributed by atoms with van der Waals surface area (Å²) < 4.78 is 18.0. The lowest BCUT2D eigenvalue weighted by Crippen LogP contribution is -2.15. The molecule has 102 valence electrons. The lowest BCUT2D eigenvalue weighted by Gasteiger charge is -2.06. The molecule has 0 saturated carbocycles. The first kappa shape index (κ1) is 14.0. The van der Waals surface area contributed by atoms with Crippen LogP contribution in [0.3, 0.4) is 0 Å². The minimum absolute atomic E-state index is 0.0945. The van der Waals surface area contributed by atoms with Crippen molar-refractivity contribution < 1.29 is 8.91 Å². The summed E-state index contributed by atoms with van der Waals surface area (Å²) in [4.78, 5) is 5.33. The summed E-state index contributed by atoms with van der Waals surface area (Å²) in [6.07, 6.45) is 0.892. The molecule has 0 spiro atoms. The topological polar surface area (TPSA) is 51.0 Å². The number of aromatic nitrogens is 2. The molecule has 0 amide bonds. The summed E-state index contributed by atoms with van der Waals surface area (Å²) in [7, 11) is 1.87. The number of hydrogen-bond donors (Lipinski definition) is 1. The SMILES string of the molecule is CCC(NC)c1nc(CSc2ccc(F)cc2)no1. The molecule has 0 bridgehead atoms. The van der Waals surface area contributed by atoms with E-state index in [1.807, 2.05) is 7.05 Å². The largest absolute Gasteiger partial charge is 0.338 e. The number of nitrogens with zero attached hydrogens (tertiary/aromatic N) is 2. The van der Waals surface area contributed by atoms with E-state index in [4.69, 9.17) is 4.52 Å². The minimum atomic E-state index is -0.231. The normalized spacial score (nSPS) is 12.6. The van der Waals surface area contributed by atoms with Gasteiger partial charge in [0, 0.05) is 4.90 Å². The third-order valence-electron chi connectivity index (χ3n) is 2.72. The second kappa shape index (κ2) is 6.68. The monoisotopic (exact) mass is 281 g/mol. The Hall–Kier alpha value is -1.40. The molecular weight excluding hydrogens is 265 g/mol. The Bertz CT molecular complexity index is 511. The zero-order valence-electron chi connectivity index (χ0n) is 10.9. The maximum Gasteiger partial charge on any atom is 0.243 e. The first-order valence-corrected chi connectivity index (χ1v) is 7.09. The van der Waals surface area contributed by atoms with Crippen molar-refractivity contribution in [2.75, 3.05) is 7.05 Å². The zero-order valence-corrected chi connectivity index (χ0v) is 11.7. The van der Waals surface area contributed by atoms with Crippen LogP contribution in [0.1, 0.15) is 31.1 Å². The van der Waals surface area contributed by atoms with Gasteiger partial charge in [-0.25, -0.2) is 4.39 Å². The second-order valence-corrected chi connectivity index (χ2v) is 5.09. The number of thioether (sulfide) groups is 1. The van der Waals surface area contributed by atoms with Crippen molar-refractivity contribution in [3.8, 4) is 0 Å². The zero-order chi connectivity index (χ0) is 13.7. The van der Waals surface area contributed by atoms with Gasteiger partial charge in [0.15, 0.2) is 5.82 Å². The quantitative estimate of drug-likeness (QED) is 0.824. The number of benzene rings is 1. The van der Waals surface area contributed by atoms with E-state index in [1.165, 1.54) is 12.1 Å². The van der Waals surface area contributed by atoms with Gasteiger partial charge in [0.05, 0.1) is 11.8 Å². The van der Waals surface area contributed by atoms with Gasteiger partial charge < -0.3 is 9.84 Å². The average Bonchev–Trinajstić information content (AvgIpc) is 2.88. The Labute approximate surface area is 115 Å². The van der Waals surface area contributed by atoms with Crippen LogP contribution in [-0.4, -0.2) is 17.2 Å². The summed E-state index contributed by atoms with van der Waals surface area (Å²) in [5.74, 6) is 1.64. The molecule has 0 aliphatic carbocycles. The molecule has 6 heteroatoms. The smallest absolute Gasteiger partial charge is 0.243 e. The van der Waals surface area contributed by atoms with Crippen LogP contribution in [0.4, 0.5) is 4.39 Å². The van der Waals surface area contributed by atoms with Crippen molar-refractivity contribution in [1.82, 2.24) is 15.5 Å². The summed E-state index contributed by atoms with van der Waals surface area (Å²) in [5, 5.41) is 7.06. The van der Waals surface area contributed by atoms with Crippen LogP contribution in [0.5, 0.6) is 0 Å². The molecule has 1 N–H and O–H groups in total. The summed E-state index contributed by atoms with van der Waals surface area (Å²) >= 11 is 1.55. The van der Waals surface area contributed by atoms with Gasteiger partial charge in [-0.15, -0.1) is 11.8 Å². The van der Waals surface area contributed by atoms with Crippen molar-refractivity contribution in [2.24, 2.45) is 0 Å². The molecule has 1 aromatic carbocycles. The molecule has 1 atom stereocenters. The molecular formula is C13H16FN3OS. The minimum Gasteiger partial charge on any atom is -0.338 e. The summed E-state index contributed by atoms with van der Waals surface area (Å²) in [6.45, 7) is 2.05. The average molecular weight is 281 g/mol. The van der Waals surface area contributed by atoms with E-state index in [0.717, 1.165) is 11.3 Å². The molecule has 1 unspecified atom stereocenters. The molecule has 19 heavy (non-hydrogen) atoms. The fourth-order valence-corrected chi connectivity index (χ4v) is 2.39. The maximum absolute atomic E-state index is 12.8. The number of hydrogen-bond acceptors (Lipinski definition) is 5. The predicted molar refractivity (Wildman–Crippen MR) is 72.4 cm³/mol. The van der Waals surface area contributed by atoms with Gasteiger partial charge >= 0.3 is 0 Å². The Morgan fingerprint density at radius 2 is 2.11 bits per heavy atom. The molecule has 0 fully saturated rings. The van der Waals surface area contributed by atoms with Gasteiger partial charge in [-0.1, -0.05) is 12.1 Å². The predicted octanol–water partition coefficient (Wildman–Crippen LogP) is 3.17. The molecule has 2 aromatic rings. The highest BCUT2D eigenvalue weighted by molar-refractivity contribution is 7.98.